The molecule has 3 rings (SSSR count). The second-order valence-electron chi connectivity index (χ2n) is 5.89. The molecule has 2 N–H and O–H groups in total. The molecule has 0 unspecified atom stereocenters. The average Bonchev–Trinajstić information content (AvgIpc) is 2.97. The summed E-state index contributed by atoms with van der Waals surface area (Å²) in [6.45, 7) is 4.15. The summed E-state index contributed by atoms with van der Waals surface area (Å²) in [4.78, 5) is 4.80. The molecule has 0 fully saturated rings. The molecular formula is C18H16Cl2N2S. The van der Waals surface area contributed by atoms with E-state index in [-0.39, 0.29) is 0 Å². The molecule has 118 valence electrons. The average molecular weight is 363 g/mol. The van der Waals surface area contributed by atoms with Gasteiger partial charge in [0.25, 0.3) is 0 Å². The molecule has 23 heavy (non-hydrogen) atoms. The number of thiazole rings is 1. The van der Waals surface area contributed by atoms with Crippen LogP contribution in [0, 0.1) is 0 Å². The number of hydrogen-bond acceptors (Lipinski definition) is 3. The van der Waals surface area contributed by atoms with Gasteiger partial charge in [0.2, 0.25) is 0 Å². The Labute approximate surface area is 149 Å². The Bertz CT molecular complexity index is 818. The van der Waals surface area contributed by atoms with Gasteiger partial charge in [0.05, 0.1) is 5.69 Å². The van der Waals surface area contributed by atoms with Crippen molar-refractivity contribution in [2.24, 2.45) is 0 Å². The van der Waals surface area contributed by atoms with Crippen LogP contribution in [0.15, 0.2) is 47.8 Å². The first-order chi connectivity index (χ1) is 10.9. The predicted molar refractivity (Wildman–Crippen MR) is 101 cm³/mol. The summed E-state index contributed by atoms with van der Waals surface area (Å²) >= 11 is 14.4. The smallest absolute Gasteiger partial charge is 0.103 e. The van der Waals surface area contributed by atoms with Gasteiger partial charge in [-0.2, -0.15) is 0 Å². The third kappa shape index (κ3) is 3.09. The summed E-state index contributed by atoms with van der Waals surface area (Å²) in [6.07, 6.45) is 0. The lowest BCUT2D eigenvalue weighted by atomic mass is 9.85. The van der Waals surface area contributed by atoms with E-state index in [9.17, 15) is 0 Å². The lowest BCUT2D eigenvalue weighted by Gasteiger charge is -2.25. The highest BCUT2D eigenvalue weighted by molar-refractivity contribution is 7.10. The van der Waals surface area contributed by atoms with Crippen LogP contribution in [-0.4, -0.2) is 4.98 Å². The maximum atomic E-state index is 6.41. The Hall–Kier alpha value is -1.55. The zero-order valence-electron chi connectivity index (χ0n) is 12.8. The third-order valence-electron chi connectivity index (χ3n) is 3.80. The van der Waals surface area contributed by atoms with Crippen molar-refractivity contribution in [1.82, 2.24) is 4.98 Å². The van der Waals surface area contributed by atoms with Gasteiger partial charge in [0.1, 0.15) is 5.01 Å². The van der Waals surface area contributed by atoms with Crippen molar-refractivity contribution in [3.05, 3.63) is 68.5 Å². The summed E-state index contributed by atoms with van der Waals surface area (Å²) in [5.74, 6) is 0. The predicted octanol–water partition coefficient (Wildman–Crippen LogP) is 6.03. The zero-order chi connectivity index (χ0) is 16.6. The van der Waals surface area contributed by atoms with Crippen molar-refractivity contribution in [2.75, 3.05) is 5.73 Å². The van der Waals surface area contributed by atoms with E-state index in [0.29, 0.717) is 15.7 Å². The largest absolute Gasteiger partial charge is 0.399 e. The lowest BCUT2D eigenvalue weighted by molar-refractivity contribution is 0.636. The summed E-state index contributed by atoms with van der Waals surface area (Å²) in [5.41, 5.74) is 8.87. The van der Waals surface area contributed by atoms with Crippen LogP contribution < -0.4 is 5.73 Å². The molecular weight excluding hydrogens is 347 g/mol. The van der Waals surface area contributed by atoms with Crippen molar-refractivity contribution in [2.45, 2.75) is 19.3 Å². The number of anilines is 1. The fraction of sp³-hybridized carbons (Fsp3) is 0.167. The van der Waals surface area contributed by atoms with E-state index >= 15 is 0 Å². The number of aromatic nitrogens is 1. The Balaban J connectivity index is 2.06. The highest BCUT2D eigenvalue weighted by Gasteiger charge is 2.31. The molecule has 2 nitrogen and oxygen atoms in total. The molecule has 0 atom stereocenters. The van der Waals surface area contributed by atoms with E-state index in [4.69, 9.17) is 33.9 Å². The summed E-state index contributed by atoms with van der Waals surface area (Å²) < 4.78 is 0. The number of nitrogens with two attached hydrogens (primary N) is 1. The van der Waals surface area contributed by atoms with Crippen LogP contribution in [-0.2, 0) is 5.41 Å². The van der Waals surface area contributed by atoms with E-state index in [1.165, 1.54) is 0 Å². The quantitative estimate of drug-likeness (QED) is 0.578. The van der Waals surface area contributed by atoms with Gasteiger partial charge >= 0.3 is 0 Å². The highest BCUT2D eigenvalue weighted by atomic mass is 35.5. The second kappa shape index (κ2) is 6.16. The maximum absolute atomic E-state index is 6.41. The van der Waals surface area contributed by atoms with Crippen molar-refractivity contribution in [3.8, 4) is 11.3 Å². The van der Waals surface area contributed by atoms with Gasteiger partial charge in [-0.1, -0.05) is 53.5 Å². The Morgan fingerprint density at radius 3 is 2.26 bits per heavy atom. The number of benzene rings is 2. The van der Waals surface area contributed by atoms with Crippen LogP contribution in [0.1, 0.15) is 24.4 Å². The number of nitrogens with zero attached hydrogens (tertiary/aromatic N) is 1. The summed E-state index contributed by atoms with van der Waals surface area (Å²) in [7, 11) is 0. The molecule has 0 saturated heterocycles. The SMILES string of the molecule is CC(C)(c1nc(-c2ccccc2)cs1)c1c(Cl)cc(N)cc1Cl. The highest BCUT2D eigenvalue weighted by Crippen LogP contribution is 2.43. The van der Waals surface area contributed by atoms with E-state index in [0.717, 1.165) is 21.8 Å². The fourth-order valence-corrected chi connectivity index (χ4v) is 4.54. The van der Waals surface area contributed by atoms with Crippen molar-refractivity contribution in [3.63, 3.8) is 0 Å². The Kier molecular flexibility index (Phi) is 4.37. The molecule has 0 aliphatic heterocycles. The zero-order valence-corrected chi connectivity index (χ0v) is 15.1. The molecule has 0 spiro atoms. The minimum atomic E-state index is -0.403. The maximum Gasteiger partial charge on any atom is 0.103 e. The first-order valence-electron chi connectivity index (χ1n) is 7.16. The van der Waals surface area contributed by atoms with Crippen molar-refractivity contribution < 1.29 is 0 Å². The number of rotatable bonds is 3. The van der Waals surface area contributed by atoms with E-state index in [1.807, 2.05) is 18.2 Å². The molecule has 1 heterocycles. The normalized spacial score (nSPS) is 11.7. The topological polar surface area (TPSA) is 38.9 Å². The summed E-state index contributed by atoms with van der Waals surface area (Å²) in [5, 5.41) is 4.16. The van der Waals surface area contributed by atoms with E-state index < -0.39 is 5.41 Å². The molecule has 0 aliphatic rings. The Morgan fingerprint density at radius 2 is 1.65 bits per heavy atom. The first kappa shape index (κ1) is 16.3. The van der Waals surface area contributed by atoms with Crippen molar-refractivity contribution in [1.29, 1.82) is 0 Å². The minimum Gasteiger partial charge on any atom is -0.399 e. The van der Waals surface area contributed by atoms with E-state index in [1.54, 1.807) is 23.5 Å². The van der Waals surface area contributed by atoms with Crippen LogP contribution >= 0.6 is 34.5 Å². The fourth-order valence-electron chi connectivity index (χ4n) is 2.60. The van der Waals surface area contributed by atoms with Crippen LogP contribution in [0.4, 0.5) is 5.69 Å². The lowest BCUT2D eigenvalue weighted by Crippen LogP contribution is -2.20. The van der Waals surface area contributed by atoms with Crippen LogP contribution in [0.2, 0.25) is 10.0 Å². The standard InChI is InChI=1S/C18H16Cl2N2S/c1-18(2,16-13(19)8-12(21)9-14(16)20)17-22-15(10-23-17)11-6-4-3-5-7-11/h3-10H,21H2,1-2H3. The summed E-state index contributed by atoms with van der Waals surface area (Å²) in [6, 6.07) is 13.6. The first-order valence-corrected chi connectivity index (χ1v) is 8.79. The Morgan fingerprint density at radius 1 is 1.04 bits per heavy atom. The van der Waals surface area contributed by atoms with Gasteiger partial charge in [0, 0.05) is 37.7 Å². The molecule has 3 aromatic rings. The molecule has 0 aliphatic carbocycles. The molecule has 0 saturated carbocycles. The van der Waals surface area contributed by atoms with Gasteiger partial charge in [-0.25, -0.2) is 4.98 Å². The van der Waals surface area contributed by atoms with Crippen molar-refractivity contribution >= 4 is 40.2 Å². The monoisotopic (exact) mass is 362 g/mol. The molecule has 0 bridgehead atoms. The van der Waals surface area contributed by atoms with Crippen LogP contribution in [0.3, 0.4) is 0 Å². The van der Waals surface area contributed by atoms with Crippen LogP contribution in [0.25, 0.3) is 11.3 Å². The van der Waals surface area contributed by atoms with Gasteiger partial charge in [-0.3, -0.25) is 0 Å². The number of hydrogen-bond donors (Lipinski definition) is 1. The van der Waals surface area contributed by atoms with Gasteiger partial charge in [-0.05, 0) is 26.0 Å². The van der Waals surface area contributed by atoms with E-state index in [2.05, 4.69) is 31.4 Å². The number of nitrogen functional groups attached to an aromatic ring is 1. The molecule has 0 amide bonds. The second-order valence-corrected chi connectivity index (χ2v) is 7.56. The van der Waals surface area contributed by atoms with Gasteiger partial charge < -0.3 is 5.73 Å². The van der Waals surface area contributed by atoms with Gasteiger partial charge in [0.15, 0.2) is 0 Å². The van der Waals surface area contributed by atoms with Gasteiger partial charge in [-0.15, -0.1) is 11.3 Å². The molecule has 1 aromatic heterocycles. The number of halogens is 2. The van der Waals surface area contributed by atoms with Crippen LogP contribution in [0.5, 0.6) is 0 Å². The molecule has 0 radical (unpaired) electrons. The third-order valence-corrected chi connectivity index (χ3v) is 5.56. The molecule has 2 aromatic carbocycles. The molecule has 5 heteroatoms. The minimum absolute atomic E-state index is 0.403.